The Balaban J connectivity index is 2.45. The van der Waals surface area contributed by atoms with Crippen LogP contribution in [0.5, 0.6) is 0 Å². The zero-order valence-electron chi connectivity index (χ0n) is 6.88. The van der Waals surface area contributed by atoms with E-state index in [2.05, 4.69) is 35.8 Å². The van der Waals surface area contributed by atoms with Crippen molar-refractivity contribution in [2.45, 2.75) is 31.4 Å². The summed E-state index contributed by atoms with van der Waals surface area (Å²) in [5, 5.41) is 0. The van der Waals surface area contributed by atoms with Crippen LogP contribution in [0.25, 0.3) is 0 Å². The maximum atomic E-state index is 2.49. The van der Waals surface area contributed by atoms with Crippen LogP contribution in [0.1, 0.15) is 26.7 Å². The molecule has 0 aliphatic carbocycles. The van der Waals surface area contributed by atoms with Crippen LogP contribution in [0.15, 0.2) is 22.0 Å². The van der Waals surface area contributed by atoms with Gasteiger partial charge in [-0.2, -0.15) is 0 Å². The third-order valence-electron chi connectivity index (χ3n) is 2.37. The molecule has 0 nitrogen and oxygen atoms in total. The first-order valence-corrected chi connectivity index (χ1v) is 8.43. The fourth-order valence-corrected chi connectivity index (χ4v) is 7.08. The summed E-state index contributed by atoms with van der Waals surface area (Å²) in [6.45, 7) is 4.64. The summed E-state index contributed by atoms with van der Waals surface area (Å²) in [5.41, 5.74) is 0. The second-order valence-electron chi connectivity index (χ2n) is 2.92. The first-order valence-electron chi connectivity index (χ1n) is 4.23. The molecule has 1 aliphatic heterocycles. The molecule has 0 saturated heterocycles. The van der Waals surface area contributed by atoms with Crippen molar-refractivity contribution in [2.24, 2.45) is 0 Å². The molecule has 0 atom stereocenters. The van der Waals surface area contributed by atoms with E-state index in [1.807, 2.05) is 0 Å². The summed E-state index contributed by atoms with van der Waals surface area (Å²) in [6.07, 6.45) is 7.25. The number of hydrogen-bond donors (Lipinski definition) is 0. The molecule has 0 saturated carbocycles. The Morgan fingerprint density at radius 1 is 1.10 bits per heavy atom. The van der Waals surface area contributed by atoms with Crippen molar-refractivity contribution >= 4 is 14.3 Å². The molecule has 0 N–H and O–H groups in total. The molecule has 0 amide bonds. The van der Waals surface area contributed by atoms with Gasteiger partial charge in [-0.3, -0.25) is 0 Å². The molecule has 0 radical (unpaired) electrons. The van der Waals surface area contributed by atoms with Crippen LogP contribution in [0.4, 0.5) is 0 Å². The molecule has 0 aromatic heterocycles. The Bertz CT molecular complexity index is 131. The number of allylic oxidation sites excluding steroid dienone is 2. The average molecular weight is 197 g/mol. The second-order valence-corrected chi connectivity index (χ2v) is 8.94. The van der Waals surface area contributed by atoms with E-state index in [0.717, 1.165) is 4.75 Å². The van der Waals surface area contributed by atoms with Gasteiger partial charge in [0.2, 0.25) is 0 Å². The minimum absolute atomic E-state index is 1.01. The van der Waals surface area contributed by atoms with E-state index in [1.54, 1.807) is 0 Å². The van der Waals surface area contributed by atoms with E-state index >= 15 is 0 Å². The van der Waals surface area contributed by atoms with Gasteiger partial charge in [0.15, 0.2) is 0 Å². The van der Waals surface area contributed by atoms with Crippen molar-refractivity contribution in [3.05, 3.63) is 22.0 Å². The quantitative estimate of drug-likeness (QED) is 0.609. The van der Waals surface area contributed by atoms with Crippen LogP contribution in [0.2, 0.25) is 4.75 Å². The Morgan fingerprint density at radius 2 is 1.60 bits per heavy atom. The van der Waals surface area contributed by atoms with Crippen LogP contribution in [0.3, 0.4) is 0 Å². The Hall–Kier alpha value is 0.0229. The van der Waals surface area contributed by atoms with Gasteiger partial charge >= 0.3 is 67.8 Å². The molecule has 0 spiro atoms. The maximum absolute atomic E-state index is 2.49. The van der Waals surface area contributed by atoms with E-state index in [1.165, 1.54) is 12.8 Å². The van der Waals surface area contributed by atoms with Crippen LogP contribution >= 0.6 is 0 Å². The molecule has 0 bridgehead atoms. The van der Waals surface area contributed by atoms with E-state index in [-0.39, 0.29) is 0 Å². The molecule has 0 unspecified atom stereocenters. The molecule has 1 aliphatic rings. The zero-order valence-corrected chi connectivity index (χ0v) is 9.30. The molecule has 0 aromatic rings. The summed E-state index contributed by atoms with van der Waals surface area (Å²) in [4.78, 5) is 4.98. The monoisotopic (exact) mass is 198 g/mol. The summed E-state index contributed by atoms with van der Waals surface area (Å²) in [7, 11) is 0. The molecule has 0 fully saturated rings. The minimum atomic E-state index is -1.01. The first kappa shape index (κ1) is 8.12. The number of hydrogen-bond acceptors (Lipinski definition) is 0. The average Bonchev–Trinajstić information content (AvgIpc) is 2.43. The van der Waals surface area contributed by atoms with Gasteiger partial charge in [0, 0.05) is 0 Å². The van der Waals surface area contributed by atoms with Crippen LogP contribution in [-0.4, -0.2) is 14.3 Å². The van der Waals surface area contributed by atoms with Crippen LogP contribution in [0, 0.1) is 0 Å². The molecule has 1 heterocycles. The third kappa shape index (κ3) is 1.75. The molecule has 1 heteroatoms. The fourth-order valence-electron chi connectivity index (χ4n) is 1.60. The zero-order chi connectivity index (χ0) is 7.40. The topological polar surface area (TPSA) is 0 Å². The van der Waals surface area contributed by atoms with Gasteiger partial charge in [-0.1, -0.05) is 0 Å². The van der Waals surface area contributed by atoms with Gasteiger partial charge in [0.1, 0.15) is 0 Å². The normalized spacial score (nSPS) is 17.5. The summed E-state index contributed by atoms with van der Waals surface area (Å²) < 4.78 is 1.06. The summed E-state index contributed by atoms with van der Waals surface area (Å²) in [6, 6.07) is 0. The van der Waals surface area contributed by atoms with Crippen molar-refractivity contribution in [3.63, 3.8) is 0 Å². The summed E-state index contributed by atoms with van der Waals surface area (Å²) in [5.74, 6) is 0. The van der Waals surface area contributed by atoms with Gasteiger partial charge in [0.05, 0.1) is 0 Å². The van der Waals surface area contributed by atoms with E-state index < -0.39 is 14.3 Å². The van der Waals surface area contributed by atoms with E-state index in [0.29, 0.717) is 0 Å². The Kier molecular flexibility index (Phi) is 3.26. The predicted octanol–water partition coefficient (Wildman–Crippen LogP) is 2.61. The molecule has 10 heavy (non-hydrogen) atoms. The van der Waals surface area contributed by atoms with Crippen molar-refractivity contribution in [2.75, 3.05) is 0 Å². The standard InChI is InChI=1S/C9H16Ge/c1-3-9(4-2)10-7-5-6-8-10/h5-10H,3-4H2,1-2H3. The molecule has 56 valence electrons. The number of rotatable bonds is 3. The Morgan fingerprint density at radius 3 is 2.00 bits per heavy atom. The first-order chi connectivity index (χ1) is 4.88. The van der Waals surface area contributed by atoms with Gasteiger partial charge in [-0.05, 0) is 0 Å². The summed E-state index contributed by atoms with van der Waals surface area (Å²) >= 11 is -1.01. The van der Waals surface area contributed by atoms with Crippen molar-refractivity contribution in [1.82, 2.24) is 0 Å². The van der Waals surface area contributed by atoms with Gasteiger partial charge < -0.3 is 0 Å². The second kappa shape index (κ2) is 4.02. The van der Waals surface area contributed by atoms with Gasteiger partial charge in [-0.25, -0.2) is 0 Å². The van der Waals surface area contributed by atoms with E-state index in [9.17, 15) is 0 Å². The molecule has 1 rings (SSSR count). The fraction of sp³-hybridized carbons (Fsp3) is 0.556. The Labute approximate surface area is 68.1 Å². The van der Waals surface area contributed by atoms with Crippen molar-refractivity contribution in [1.29, 1.82) is 0 Å². The van der Waals surface area contributed by atoms with Gasteiger partial charge in [-0.15, -0.1) is 0 Å². The molecule has 0 aromatic carbocycles. The van der Waals surface area contributed by atoms with Crippen LogP contribution < -0.4 is 0 Å². The van der Waals surface area contributed by atoms with Gasteiger partial charge in [0.25, 0.3) is 0 Å². The van der Waals surface area contributed by atoms with Crippen LogP contribution in [-0.2, 0) is 0 Å². The molecular formula is C9H16Ge. The SMILES string of the molecule is CC[CH](CC)[GeH]1[CH]=CC=[CH]1. The van der Waals surface area contributed by atoms with Crippen molar-refractivity contribution in [3.8, 4) is 0 Å². The third-order valence-corrected chi connectivity index (χ3v) is 9.43. The predicted molar refractivity (Wildman–Crippen MR) is 49.8 cm³/mol. The molecular weight excluding hydrogens is 181 g/mol. The van der Waals surface area contributed by atoms with Crippen molar-refractivity contribution < 1.29 is 0 Å². The van der Waals surface area contributed by atoms with E-state index in [4.69, 9.17) is 0 Å².